The molecule has 0 amide bonds. The van der Waals surface area contributed by atoms with Crippen molar-refractivity contribution in [3.63, 3.8) is 0 Å². The van der Waals surface area contributed by atoms with Crippen molar-refractivity contribution in [1.82, 2.24) is 9.97 Å². The Hall–Kier alpha value is -0.960. The SMILES string of the molecule is CC.CC(C)(C)c1cc2cncnc2s1. The molecule has 0 aliphatic heterocycles. The van der Waals surface area contributed by atoms with Crippen LogP contribution in [-0.2, 0) is 5.41 Å². The molecule has 0 aromatic carbocycles. The van der Waals surface area contributed by atoms with Gasteiger partial charge in [-0.05, 0) is 11.5 Å². The monoisotopic (exact) mass is 222 g/mol. The summed E-state index contributed by atoms with van der Waals surface area (Å²) in [6, 6.07) is 2.18. The summed E-state index contributed by atoms with van der Waals surface area (Å²) >= 11 is 1.75. The Labute approximate surface area is 95.4 Å². The van der Waals surface area contributed by atoms with E-state index in [1.54, 1.807) is 17.7 Å². The third-order valence-corrected chi connectivity index (χ3v) is 3.42. The van der Waals surface area contributed by atoms with E-state index in [0.29, 0.717) is 0 Å². The van der Waals surface area contributed by atoms with E-state index < -0.39 is 0 Å². The molecular formula is C12H18N2S. The van der Waals surface area contributed by atoms with Crippen LogP contribution in [0.3, 0.4) is 0 Å². The third kappa shape index (κ3) is 2.75. The van der Waals surface area contributed by atoms with Crippen molar-refractivity contribution in [2.24, 2.45) is 0 Å². The number of hydrogen-bond acceptors (Lipinski definition) is 3. The number of thiophene rings is 1. The molecule has 2 rings (SSSR count). The van der Waals surface area contributed by atoms with E-state index in [9.17, 15) is 0 Å². The van der Waals surface area contributed by atoms with Crippen LogP contribution < -0.4 is 0 Å². The van der Waals surface area contributed by atoms with Gasteiger partial charge in [-0.2, -0.15) is 0 Å². The zero-order chi connectivity index (χ0) is 11.5. The van der Waals surface area contributed by atoms with Gasteiger partial charge in [0.15, 0.2) is 0 Å². The molecule has 82 valence electrons. The highest BCUT2D eigenvalue weighted by molar-refractivity contribution is 7.18. The molecule has 3 heteroatoms. The summed E-state index contributed by atoms with van der Waals surface area (Å²) < 4.78 is 0. The molecule has 0 saturated heterocycles. The van der Waals surface area contributed by atoms with Crippen LogP contribution in [0.1, 0.15) is 39.5 Å². The first kappa shape index (κ1) is 12.1. The van der Waals surface area contributed by atoms with Crippen LogP contribution in [-0.4, -0.2) is 9.97 Å². The lowest BCUT2D eigenvalue weighted by atomic mass is 9.94. The first-order chi connectivity index (χ1) is 7.07. The molecule has 0 radical (unpaired) electrons. The fourth-order valence-corrected chi connectivity index (χ4v) is 2.19. The Kier molecular flexibility index (Phi) is 3.80. The molecule has 0 bridgehead atoms. The molecule has 0 aliphatic rings. The lowest BCUT2D eigenvalue weighted by Gasteiger charge is -2.14. The highest BCUT2D eigenvalue weighted by Crippen LogP contribution is 2.32. The second kappa shape index (κ2) is 4.71. The van der Waals surface area contributed by atoms with Crippen molar-refractivity contribution in [3.8, 4) is 0 Å². The van der Waals surface area contributed by atoms with Crippen LogP contribution in [0.15, 0.2) is 18.6 Å². The number of nitrogens with zero attached hydrogens (tertiary/aromatic N) is 2. The molecule has 2 nitrogen and oxygen atoms in total. The van der Waals surface area contributed by atoms with Gasteiger partial charge in [-0.3, -0.25) is 0 Å². The quantitative estimate of drug-likeness (QED) is 0.673. The highest BCUT2D eigenvalue weighted by atomic mass is 32.1. The molecule has 0 spiro atoms. The Morgan fingerprint density at radius 2 is 1.87 bits per heavy atom. The zero-order valence-electron chi connectivity index (χ0n) is 10.0. The second-order valence-corrected chi connectivity index (χ2v) is 5.17. The van der Waals surface area contributed by atoms with Gasteiger partial charge in [0.1, 0.15) is 11.2 Å². The predicted octanol–water partition coefficient (Wildman–Crippen LogP) is 4.02. The lowest BCUT2D eigenvalue weighted by Crippen LogP contribution is -2.07. The average Bonchev–Trinajstić information content (AvgIpc) is 2.63. The standard InChI is InChI=1S/C10H12N2S.C2H6/c1-10(2,3)8-4-7-5-11-6-12-9(7)13-8;1-2/h4-6H,1-3H3;1-2H3. The van der Waals surface area contributed by atoms with Gasteiger partial charge in [0.2, 0.25) is 0 Å². The summed E-state index contributed by atoms with van der Waals surface area (Å²) in [5.41, 5.74) is 0.214. The minimum atomic E-state index is 0.214. The molecule has 0 saturated carbocycles. The van der Waals surface area contributed by atoms with E-state index >= 15 is 0 Å². The lowest BCUT2D eigenvalue weighted by molar-refractivity contribution is 0.604. The van der Waals surface area contributed by atoms with Gasteiger partial charge >= 0.3 is 0 Å². The number of rotatable bonds is 0. The van der Waals surface area contributed by atoms with Gasteiger partial charge in [-0.15, -0.1) is 11.3 Å². The van der Waals surface area contributed by atoms with Gasteiger partial charge in [0, 0.05) is 16.5 Å². The van der Waals surface area contributed by atoms with E-state index in [-0.39, 0.29) is 5.41 Å². The van der Waals surface area contributed by atoms with Gasteiger partial charge in [-0.1, -0.05) is 34.6 Å². The predicted molar refractivity (Wildman–Crippen MR) is 67.5 cm³/mol. The van der Waals surface area contributed by atoms with Crippen molar-refractivity contribution in [1.29, 1.82) is 0 Å². The van der Waals surface area contributed by atoms with Gasteiger partial charge in [0.05, 0.1) is 0 Å². The van der Waals surface area contributed by atoms with Crippen molar-refractivity contribution < 1.29 is 0 Å². The fraction of sp³-hybridized carbons (Fsp3) is 0.500. The molecule has 2 aromatic heterocycles. The van der Waals surface area contributed by atoms with Crippen molar-refractivity contribution in [2.75, 3.05) is 0 Å². The molecule has 0 fully saturated rings. The fourth-order valence-electron chi connectivity index (χ4n) is 1.16. The molecule has 15 heavy (non-hydrogen) atoms. The van der Waals surface area contributed by atoms with Crippen molar-refractivity contribution in [3.05, 3.63) is 23.5 Å². The van der Waals surface area contributed by atoms with Gasteiger partial charge in [0.25, 0.3) is 0 Å². The van der Waals surface area contributed by atoms with Gasteiger partial charge < -0.3 is 0 Å². The largest absolute Gasteiger partial charge is 0.244 e. The number of hydrogen-bond donors (Lipinski definition) is 0. The summed E-state index contributed by atoms with van der Waals surface area (Å²) in [4.78, 5) is 10.7. The molecule has 0 atom stereocenters. The Balaban J connectivity index is 0.000000531. The van der Waals surface area contributed by atoms with E-state index in [2.05, 4.69) is 36.8 Å². The summed E-state index contributed by atoms with van der Waals surface area (Å²) in [6.45, 7) is 10.6. The van der Waals surface area contributed by atoms with E-state index in [0.717, 1.165) is 10.2 Å². The minimum Gasteiger partial charge on any atom is -0.244 e. The van der Waals surface area contributed by atoms with E-state index in [1.165, 1.54) is 4.88 Å². The Morgan fingerprint density at radius 1 is 1.20 bits per heavy atom. The summed E-state index contributed by atoms with van der Waals surface area (Å²) in [6.07, 6.45) is 3.47. The molecule has 0 unspecified atom stereocenters. The Bertz CT molecular complexity index is 393. The molecule has 0 N–H and O–H groups in total. The smallest absolute Gasteiger partial charge is 0.126 e. The number of fused-ring (bicyclic) bond motifs is 1. The molecule has 0 aliphatic carbocycles. The summed E-state index contributed by atoms with van der Waals surface area (Å²) in [7, 11) is 0. The highest BCUT2D eigenvalue weighted by Gasteiger charge is 2.16. The van der Waals surface area contributed by atoms with Gasteiger partial charge in [-0.25, -0.2) is 9.97 Å². The zero-order valence-corrected chi connectivity index (χ0v) is 10.9. The van der Waals surface area contributed by atoms with Crippen molar-refractivity contribution in [2.45, 2.75) is 40.0 Å². The average molecular weight is 222 g/mol. The van der Waals surface area contributed by atoms with E-state index in [1.807, 2.05) is 20.0 Å². The maximum absolute atomic E-state index is 4.22. The summed E-state index contributed by atoms with van der Waals surface area (Å²) in [5.74, 6) is 0. The summed E-state index contributed by atoms with van der Waals surface area (Å²) in [5, 5.41) is 1.15. The van der Waals surface area contributed by atoms with Crippen LogP contribution >= 0.6 is 11.3 Å². The first-order valence-electron chi connectivity index (χ1n) is 5.27. The third-order valence-electron chi connectivity index (χ3n) is 1.93. The van der Waals surface area contributed by atoms with Crippen molar-refractivity contribution >= 4 is 21.6 Å². The maximum Gasteiger partial charge on any atom is 0.126 e. The second-order valence-electron chi connectivity index (χ2n) is 4.14. The molecular weight excluding hydrogens is 204 g/mol. The van der Waals surface area contributed by atoms with Crippen LogP contribution in [0.5, 0.6) is 0 Å². The number of aromatic nitrogens is 2. The molecule has 2 heterocycles. The van der Waals surface area contributed by atoms with Crippen LogP contribution in [0, 0.1) is 0 Å². The van der Waals surface area contributed by atoms with Crippen LogP contribution in [0.2, 0.25) is 0 Å². The normalized spacial score (nSPS) is 11.0. The first-order valence-corrected chi connectivity index (χ1v) is 6.09. The van der Waals surface area contributed by atoms with E-state index in [4.69, 9.17) is 0 Å². The molecule has 2 aromatic rings. The Morgan fingerprint density at radius 3 is 2.40 bits per heavy atom. The van der Waals surface area contributed by atoms with Crippen LogP contribution in [0.4, 0.5) is 0 Å². The topological polar surface area (TPSA) is 25.8 Å². The van der Waals surface area contributed by atoms with Crippen LogP contribution in [0.25, 0.3) is 10.2 Å². The maximum atomic E-state index is 4.22. The minimum absolute atomic E-state index is 0.214.